The number of hydrogen-bond acceptors (Lipinski definition) is 5. The maximum Gasteiger partial charge on any atom is 0.230 e. The van der Waals surface area contributed by atoms with Crippen LogP contribution in [0.1, 0.15) is 29.9 Å². The van der Waals surface area contributed by atoms with Gasteiger partial charge in [0.1, 0.15) is 11.5 Å². The van der Waals surface area contributed by atoms with Gasteiger partial charge in [0.05, 0.1) is 13.4 Å². The Morgan fingerprint density at radius 1 is 1.14 bits per heavy atom. The number of furan rings is 1. The van der Waals surface area contributed by atoms with Gasteiger partial charge in [0.2, 0.25) is 11.7 Å². The second-order valence-electron chi connectivity index (χ2n) is 5.15. The Kier molecular flexibility index (Phi) is 2.77. The van der Waals surface area contributed by atoms with Gasteiger partial charge in [-0.2, -0.15) is 4.98 Å². The van der Waals surface area contributed by atoms with Crippen molar-refractivity contribution in [3.05, 3.63) is 54.3 Å². The van der Waals surface area contributed by atoms with Crippen molar-refractivity contribution in [3.8, 4) is 17.1 Å². The van der Waals surface area contributed by atoms with Gasteiger partial charge in [-0.3, -0.25) is 0 Å². The summed E-state index contributed by atoms with van der Waals surface area (Å²) in [6.07, 6.45) is 2.69. The number of nitrogens with zero attached hydrogens (tertiary/aromatic N) is 2. The van der Waals surface area contributed by atoms with Gasteiger partial charge in [0, 0.05) is 17.4 Å². The Morgan fingerprint density at radius 2 is 2.00 bits per heavy atom. The molecule has 0 amide bonds. The molecule has 5 heteroatoms. The van der Waals surface area contributed by atoms with Crippen LogP contribution in [0.5, 0.6) is 5.75 Å². The molecule has 0 N–H and O–H groups in total. The average molecular weight is 282 g/mol. The summed E-state index contributed by atoms with van der Waals surface area (Å²) in [5.74, 6) is 3.73. The van der Waals surface area contributed by atoms with Crippen LogP contribution >= 0.6 is 0 Å². The molecule has 2 atom stereocenters. The largest absolute Gasteiger partial charge is 0.497 e. The topological polar surface area (TPSA) is 61.3 Å². The summed E-state index contributed by atoms with van der Waals surface area (Å²) in [6, 6.07) is 11.5. The molecule has 0 unspecified atom stereocenters. The lowest BCUT2D eigenvalue weighted by molar-refractivity contribution is 0.376. The summed E-state index contributed by atoms with van der Waals surface area (Å²) in [4.78, 5) is 4.50. The van der Waals surface area contributed by atoms with Crippen LogP contribution in [0.3, 0.4) is 0 Å². The normalized spacial score (nSPS) is 20.4. The number of ether oxygens (including phenoxy) is 1. The molecular weight excluding hydrogens is 268 g/mol. The first kappa shape index (κ1) is 12.2. The van der Waals surface area contributed by atoms with Crippen molar-refractivity contribution < 1.29 is 13.7 Å². The van der Waals surface area contributed by atoms with E-state index in [0.29, 0.717) is 17.6 Å². The number of aromatic nitrogens is 2. The number of rotatable bonds is 4. The molecule has 1 aliphatic carbocycles. The van der Waals surface area contributed by atoms with E-state index in [9.17, 15) is 0 Å². The van der Waals surface area contributed by atoms with E-state index in [0.717, 1.165) is 23.5 Å². The number of hydrogen-bond donors (Lipinski definition) is 0. The van der Waals surface area contributed by atoms with Gasteiger partial charge in [-0.1, -0.05) is 5.16 Å². The first-order chi connectivity index (χ1) is 10.3. The maximum atomic E-state index is 5.42. The predicted octanol–water partition coefficient (Wildman–Crippen LogP) is 3.61. The van der Waals surface area contributed by atoms with E-state index in [1.165, 1.54) is 0 Å². The highest BCUT2D eigenvalue weighted by atomic mass is 16.5. The molecule has 106 valence electrons. The third-order valence-corrected chi connectivity index (χ3v) is 3.81. The predicted molar refractivity (Wildman–Crippen MR) is 75.1 cm³/mol. The fourth-order valence-electron chi connectivity index (χ4n) is 2.53. The van der Waals surface area contributed by atoms with E-state index < -0.39 is 0 Å². The van der Waals surface area contributed by atoms with Crippen molar-refractivity contribution in [1.29, 1.82) is 0 Å². The molecule has 0 bridgehead atoms. The standard InChI is InChI=1S/C16H14N2O3/c1-19-11-6-4-10(5-7-11)15-17-16(21-18-15)13-9-12(13)14-3-2-8-20-14/h2-8,12-13H,9H2,1H3/t12-,13-/m0/s1. The molecule has 1 saturated carbocycles. The Balaban J connectivity index is 1.53. The minimum Gasteiger partial charge on any atom is -0.497 e. The van der Waals surface area contributed by atoms with E-state index in [-0.39, 0.29) is 5.92 Å². The van der Waals surface area contributed by atoms with Crippen LogP contribution in [0.4, 0.5) is 0 Å². The van der Waals surface area contributed by atoms with Gasteiger partial charge in [-0.15, -0.1) is 0 Å². The zero-order valence-corrected chi connectivity index (χ0v) is 11.5. The molecule has 0 spiro atoms. The summed E-state index contributed by atoms with van der Waals surface area (Å²) < 4.78 is 16.0. The second-order valence-corrected chi connectivity index (χ2v) is 5.15. The van der Waals surface area contributed by atoms with E-state index in [1.54, 1.807) is 13.4 Å². The molecule has 5 nitrogen and oxygen atoms in total. The SMILES string of the molecule is COc1ccc(-c2noc([C@H]3C[C@@H]3c3ccco3)n2)cc1. The van der Waals surface area contributed by atoms with Crippen LogP contribution in [0.15, 0.2) is 51.6 Å². The Bertz CT molecular complexity index is 731. The highest BCUT2D eigenvalue weighted by Gasteiger charge is 2.45. The van der Waals surface area contributed by atoms with Crippen LogP contribution < -0.4 is 4.74 Å². The molecule has 0 aliphatic heterocycles. The van der Waals surface area contributed by atoms with Gasteiger partial charge in [0.25, 0.3) is 0 Å². The van der Waals surface area contributed by atoms with Crippen molar-refractivity contribution in [2.75, 3.05) is 7.11 Å². The van der Waals surface area contributed by atoms with Crippen LogP contribution in [0.25, 0.3) is 11.4 Å². The lowest BCUT2D eigenvalue weighted by atomic mass is 10.2. The van der Waals surface area contributed by atoms with E-state index >= 15 is 0 Å². The van der Waals surface area contributed by atoms with Crippen LogP contribution in [0.2, 0.25) is 0 Å². The van der Waals surface area contributed by atoms with Crippen LogP contribution in [-0.4, -0.2) is 17.3 Å². The third kappa shape index (κ3) is 2.20. The zero-order valence-electron chi connectivity index (χ0n) is 11.5. The molecule has 3 aromatic rings. The average Bonchev–Trinajstić information content (AvgIpc) is 2.97. The molecule has 21 heavy (non-hydrogen) atoms. The minimum absolute atomic E-state index is 0.274. The number of methoxy groups -OCH3 is 1. The molecule has 1 fully saturated rings. The molecule has 2 heterocycles. The summed E-state index contributed by atoms with van der Waals surface area (Å²) in [6.45, 7) is 0. The molecule has 0 radical (unpaired) electrons. The summed E-state index contributed by atoms with van der Waals surface area (Å²) in [7, 11) is 1.64. The monoisotopic (exact) mass is 282 g/mol. The number of benzene rings is 1. The summed E-state index contributed by atoms with van der Waals surface area (Å²) in [5.41, 5.74) is 0.918. The van der Waals surface area contributed by atoms with E-state index in [1.807, 2.05) is 36.4 Å². The molecule has 0 saturated heterocycles. The molecule has 2 aromatic heterocycles. The smallest absolute Gasteiger partial charge is 0.230 e. The maximum absolute atomic E-state index is 5.42. The van der Waals surface area contributed by atoms with Crippen LogP contribution in [-0.2, 0) is 0 Å². The van der Waals surface area contributed by atoms with E-state index in [2.05, 4.69) is 10.1 Å². The van der Waals surface area contributed by atoms with Gasteiger partial charge in [-0.05, 0) is 42.8 Å². The molecule has 1 aliphatic rings. The second kappa shape index (κ2) is 4.77. The molecular formula is C16H14N2O3. The lowest BCUT2D eigenvalue weighted by Crippen LogP contribution is -1.85. The fraction of sp³-hybridized carbons (Fsp3) is 0.250. The van der Waals surface area contributed by atoms with Gasteiger partial charge >= 0.3 is 0 Å². The van der Waals surface area contributed by atoms with Gasteiger partial charge in [-0.25, -0.2) is 0 Å². The van der Waals surface area contributed by atoms with Gasteiger partial charge in [0.15, 0.2) is 0 Å². The minimum atomic E-state index is 0.274. The van der Waals surface area contributed by atoms with Crippen molar-refractivity contribution in [1.82, 2.24) is 10.1 Å². The van der Waals surface area contributed by atoms with Gasteiger partial charge < -0.3 is 13.7 Å². The third-order valence-electron chi connectivity index (χ3n) is 3.81. The Morgan fingerprint density at radius 3 is 2.71 bits per heavy atom. The van der Waals surface area contributed by atoms with Crippen LogP contribution in [0, 0.1) is 0 Å². The molecule has 4 rings (SSSR count). The Hall–Kier alpha value is -2.56. The Labute approximate surface area is 121 Å². The summed E-state index contributed by atoms with van der Waals surface area (Å²) in [5, 5.41) is 4.06. The quantitative estimate of drug-likeness (QED) is 0.731. The lowest BCUT2D eigenvalue weighted by Gasteiger charge is -1.98. The van der Waals surface area contributed by atoms with Crippen molar-refractivity contribution >= 4 is 0 Å². The van der Waals surface area contributed by atoms with Crippen molar-refractivity contribution in [2.24, 2.45) is 0 Å². The fourth-order valence-corrected chi connectivity index (χ4v) is 2.53. The summed E-state index contributed by atoms with van der Waals surface area (Å²) >= 11 is 0. The first-order valence-electron chi connectivity index (χ1n) is 6.86. The van der Waals surface area contributed by atoms with Crippen molar-refractivity contribution in [3.63, 3.8) is 0 Å². The van der Waals surface area contributed by atoms with Crippen molar-refractivity contribution in [2.45, 2.75) is 18.3 Å². The zero-order chi connectivity index (χ0) is 14.2. The van der Waals surface area contributed by atoms with E-state index in [4.69, 9.17) is 13.7 Å². The highest BCUT2D eigenvalue weighted by molar-refractivity contribution is 5.55. The molecule has 1 aromatic carbocycles. The first-order valence-corrected chi connectivity index (χ1v) is 6.86. The highest BCUT2D eigenvalue weighted by Crippen LogP contribution is 2.54.